The molecule has 6 heteroatoms. The molecular weight excluding hydrogens is 250 g/mol. The van der Waals surface area contributed by atoms with E-state index in [0.717, 1.165) is 36.7 Å². The molecule has 2 fully saturated rings. The summed E-state index contributed by atoms with van der Waals surface area (Å²) in [5, 5.41) is 4.03. The molecule has 1 aromatic rings. The van der Waals surface area contributed by atoms with Crippen molar-refractivity contribution in [1.29, 1.82) is 0 Å². The molecule has 1 aromatic heterocycles. The molecule has 18 heavy (non-hydrogen) atoms. The normalized spacial score (nSPS) is 25.3. The van der Waals surface area contributed by atoms with Crippen LogP contribution in [0.4, 0.5) is 0 Å². The van der Waals surface area contributed by atoms with Crippen molar-refractivity contribution in [2.45, 2.75) is 25.3 Å². The average Bonchev–Trinajstić information content (AvgIpc) is 3.12. The highest BCUT2D eigenvalue weighted by Crippen LogP contribution is 2.31. The fourth-order valence-electron chi connectivity index (χ4n) is 2.13. The van der Waals surface area contributed by atoms with Gasteiger partial charge < -0.3 is 4.52 Å². The van der Waals surface area contributed by atoms with Gasteiger partial charge in [-0.3, -0.25) is 9.69 Å². The number of carbonyl (C=O) groups excluding carboxylic acids is 1. The Bertz CT molecular complexity index is 444. The highest BCUT2D eigenvalue weighted by Gasteiger charge is 2.31. The maximum atomic E-state index is 11.7. The van der Waals surface area contributed by atoms with E-state index in [0.29, 0.717) is 12.3 Å². The van der Waals surface area contributed by atoms with E-state index in [4.69, 9.17) is 4.52 Å². The number of nitrogens with zero attached hydrogens (tertiary/aromatic N) is 3. The van der Waals surface area contributed by atoms with Crippen molar-refractivity contribution in [3.63, 3.8) is 0 Å². The highest BCUT2D eigenvalue weighted by atomic mass is 32.2. The quantitative estimate of drug-likeness (QED) is 0.820. The third-order valence-electron chi connectivity index (χ3n) is 3.54. The van der Waals surface area contributed by atoms with Crippen LogP contribution in [0.1, 0.15) is 30.6 Å². The van der Waals surface area contributed by atoms with E-state index in [9.17, 15) is 4.79 Å². The van der Waals surface area contributed by atoms with Crippen molar-refractivity contribution < 1.29 is 9.32 Å². The third kappa shape index (κ3) is 2.59. The van der Waals surface area contributed by atoms with Crippen LogP contribution >= 0.6 is 11.8 Å². The molecule has 0 bridgehead atoms. The Morgan fingerprint density at radius 1 is 1.56 bits per heavy atom. The molecule has 0 radical (unpaired) electrons. The van der Waals surface area contributed by atoms with E-state index in [1.54, 1.807) is 0 Å². The Balaban J connectivity index is 1.66. The van der Waals surface area contributed by atoms with E-state index < -0.39 is 0 Å². The molecule has 3 rings (SSSR count). The second-order valence-corrected chi connectivity index (χ2v) is 6.18. The first-order chi connectivity index (χ1) is 8.74. The second-order valence-electron chi connectivity index (χ2n) is 5.03. The van der Waals surface area contributed by atoms with Gasteiger partial charge in [-0.15, -0.1) is 0 Å². The predicted octanol–water partition coefficient (Wildman–Crippen LogP) is 1.31. The lowest BCUT2D eigenvalue weighted by Gasteiger charge is -2.29. The summed E-state index contributed by atoms with van der Waals surface area (Å²) in [6.07, 6.45) is 2.37. The van der Waals surface area contributed by atoms with Crippen molar-refractivity contribution in [3.8, 4) is 0 Å². The first kappa shape index (κ1) is 12.2. The van der Waals surface area contributed by atoms with Crippen molar-refractivity contribution >= 4 is 17.5 Å². The zero-order chi connectivity index (χ0) is 12.5. The number of Topliss-reactive ketones (excluding diaryl/α,β-unsaturated/α-hetero) is 1. The lowest BCUT2D eigenvalue weighted by atomic mass is 10.2. The minimum atomic E-state index is 0.220. The molecule has 98 valence electrons. The fourth-order valence-corrected chi connectivity index (χ4v) is 3.34. The van der Waals surface area contributed by atoms with Crippen LogP contribution in [0.15, 0.2) is 4.52 Å². The zero-order valence-corrected chi connectivity index (χ0v) is 11.3. The Hall–Kier alpha value is -0.880. The number of carbonyl (C=O) groups is 1. The molecule has 1 aliphatic carbocycles. The maximum absolute atomic E-state index is 11.7. The molecule has 1 atom stereocenters. The van der Waals surface area contributed by atoms with Gasteiger partial charge in [0.05, 0.1) is 12.5 Å². The third-order valence-corrected chi connectivity index (χ3v) is 4.56. The van der Waals surface area contributed by atoms with Crippen molar-refractivity contribution in [2.24, 2.45) is 5.92 Å². The van der Waals surface area contributed by atoms with Gasteiger partial charge in [-0.25, -0.2) is 0 Å². The Morgan fingerprint density at radius 2 is 2.39 bits per heavy atom. The van der Waals surface area contributed by atoms with Gasteiger partial charge in [0.2, 0.25) is 5.89 Å². The zero-order valence-electron chi connectivity index (χ0n) is 10.5. The standard InChI is InChI=1S/C12H17N3O2S/c1-15-4-5-18-7-9(15)12-13-11(17-14-12)6-10(16)8-2-3-8/h8-9H,2-7H2,1H3. The van der Waals surface area contributed by atoms with Gasteiger partial charge in [-0.1, -0.05) is 5.16 Å². The monoisotopic (exact) mass is 267 g/mol. The highest BCUT2D eigenvalue weighted by molar-refractivity contribution is 7.99. The van der Waals surface area contributed by atoms with E-state index in [1.165, 1.54) is 0 Å². The molecule has 5 nitrogen and oxygen atoms in total. The van der Waals surface area contributed by atoms with E-state index in [-0.39, 0.29) is 17.7 Å². The fraction of sp³-hybridized carbons (Fsp3) is 0.750. The van der Waals surface area contributed by atoms with Crippen molar-refractivity contribution in [2.75, 3.05) is 25.1 Å². The van der Waals surface area contributed by atoms with Gasteiger partial charge in [0.25, 0.3) is 0 Å². The summed E-state index contributed by atoms with van der Waals surface area (Å²) in [6.45, 7) is 1.04. The number of thioether (sulfide) groups is 1. The van der Waals surface area contributed by atoms with E-state index >= 15 is 0 Å². The minimum absolute atomic E-state index is 0.220. The summed E-state index contributed by atoms with van der Waals surface area (Å²) in [4.78, 5) is 18.3. The summed E-state index contributed by atoms with van der Waals surface area (Å²) < 4.78 is 5.20. The molecule has 0 spiro atoms. The largest absolute Gasteiger partial charge is 0.339 e. The number of hydrogen-bond acceptors (Lipinski definition) is 6. The summed E-state index contributed by atoms with van der Waals surface area (Å²) in [6, 6.07) is 0.220. The Labute approximate surface area is 110 Å². The Morgan fingerprint density at radius 3 is 3.11 bits per heavy atom. The molecule has 1 saturated carbocycles. The molecule has 2 aliphatic rings. The van der Waals surface area contributed by atoms with Crippen LogP contribution in [0.3, 0.4) is 0 Å². The molecule has 0 amide bonds. The van der Waals surface area contributed by atoms with Crippen molar-refractivity contribution in [1.82, 2.24) is 15.0 Å². The number of aromatic nitrogens is 2. The van der Waals surface area contributed by atoms with Crippen molar-refractivity contribution in [3.05, 3.63) is 11.7 Å². The lowest BCUT2D eigenvalue weighted by molar-refractivity contribution is -0.119. The summed E-state index contributed by atoms with van der Waals surface area (Å²) in [5.74, 6) is 3.85. The van der Waals surface area contributed by atoms with Crippen LogP contribution in [-0.2, 0) is 11.2 Å². The second kappa shape index (κ2) is 5.01. The first-order valence-corrected chi connectivity index (χ1v) is 7.52. The van der Waals surface area contributed by atoms with Crippen LogP contribution < -0.4 is 0 Å². The van der Waals surface area contributed by atoms with Gasteiger partial charge in [0.1, 0.15) is 5.78 Å². The van der Waals surface area contributed by atoms with Crippen LogP contribution in [0.2, 0.25) is 0 Å². The molecular formula is C12H17N3O2S. The van der Waals surface area contributed by atoms with Crippen LogP contribution in [0, 0.1) is 5.92 Å². The Kier molecular flexibility index (Phi) is 3.39. The molecule has 2 heterocycles. The summed E-state index contributed by atoms with van der Waals surface area (Å²) in [5.41, 5.74) is 0. The molecule has 0 N–H and O–H groups in total. The average molecular weight is 267 g/mol. The minimum Gasteiger partial charge on any atom is -0.339 e. The van der Waals surface area contributed by atoms with Crippen LogP contribution in [0.25, 0.3) is 0 Å². The molecule has 1 saturated heterocycles. The van der Waals surface area contributed by atoms with Crippen LogP contribution in [-0.4, -0.2) is 45.9 Å². The predicted molar refractivity (Wildman–Crippen MR) is 68.4 cm³/mol. The topological polar surface area (TPSA) is 59.2 Å². The number of rotatable bonds is 4. The molecule has 1 unspecified atom stereocenters. The van der Waals surface area contributed by atoms with Gasteiger partial charge in [0, 0.05) is 24.0 Å². The van der Waals surface area contributed by atoms with Gasteiger partial charge in [0.15, 0.2) is 5.82 Å². The summed E-state index contributed by atoms with van der Waals surface area (Å²) >= 11 is 1.91. The smallest absolute Gasteiger partial charge is 0.234 e. The first-order valence-electron chi connectivity index (χ1n) is 6.37. The SMILES string of the molecule is CN1CCSCC1c1noc(CC(=O)C2CC2)n1. The van der Waals surface area contributed by atoms with Crippen LogP contribution in [0.5, 0.6) is 0 Å². The summed E-state index contributed by atoms with van der Waals surface area (Å²) in [7, 11) is 2.08. The van der Waals surface area contributed by atoms with Gasteiger partial charge in [-0.05, 0) is 19.9 Å². The number of hydrogen-bond donors (Lipinski definition) is 0. The van der Waals surface area contributed by atoms with Gasteiger partial charge in [-0.2, -0.15) is 16.7 Å². The van der Waals surface area contributed by atoms with E-state index in [1.807, 2.05) is 11.8 Å². The van der Waals surface area contributed by atoms with E-state index in [2.05, 4.69) is 22.1 Å². The molecule has 1 aliphatic heterocycles. The molecule has 0 aromatic carbocycles. The van der Waals surface area contributed by atoms with Gasteiger partial charge >= 0.3 is 0 Å². The maximum Gasteiger partial charge on any atom is 0.234 e. The lowest BCUT2D eigenvalue weighted by Crippen LogP contribution is -2.33. The number of ketones is 1.